The van der Waals surface area contributed by atoms with E-state index >= 15 is 0 Å². The quantitative estimate of drug-likeness (QED) is 0.482. The van der Waals surface area contributed by atoms with Gasteiger partial charge in [0.25, 0.3) is 5.91 Å². The van der Waals surface area contributed by atoms with Gasteiger partial charge in [0.05, 0.1) is 24.1 Å². The van der Waals surface area contributed by atoms with Crippen LogP contribution in [0.5, 0.6) is 5.75 Å². The summed E-state index contributed by atoms with van der Waals surface area (Å²) in [6, 6.07) is 24.0. The number of methoxy groups -OCH3 is 1. The Balaban J connectivity index is 1.63. The Morgan fingerprint density at radius 2 is 1.61 bits per heavy atom. The summed E-state index contributed by atoms with van der Waals surface area (Å²) < 4.78 is 11.2. The summed E-state index contributed by atoms with van der Waals surface area (Å²) in [5.74, 6) is 0.599. The highest BCUT2D eigenvalue weighted by Crippen LogP contribution is 2.38. The van der Waals surface area contributed by atoms with E-state index in [-0.39, 0.29) is 17.1 Å². The number of carbonyl (C=O) groups is 1. The minimum absolute atomic E-state index is 0.137. The first-order valence-corrected chi connectivity index (χ1v) is 10.2. The lowest BCUT2D eigenvalue weighted by Gasteiger charge is -2.25. The molecule has 0 fully saturated rings. The zero-order chi connectivity index (χ0) is 21.4. The topological polar surface area (TPSA) is 59.8 Å². The molecule has 3 aromatic carbocycles. The average Bonchev–Trinajstić information content (AvgIpc) is 3.10. The molecule has 5 heteroatoms. The highest BCUT2D eigenvalue weighted by atomic mass is 16.5. The lowest BCUT2D eigenvalue weighted by molar-refractivity contribution is 0.0730. The van der Waals surface area contributed by atoms with Crippen LogP contribution in [0.3, 0.4) is 0 Å². The first kappa shape index (κ1) is 19.1. The Morgan fingerprint density at radius 1 is 0.903 bits per heavy atom. The van der Waals surface area contributed by atoms with Gasteiger partial charge in [-0.05, 0) is 41.8 Å². The Labute approximate surface area is 179 Å². The van der Waals surface area contributed by atoms with E-state index in [1.807, 2.05) is 54.6 Å². The highest BCUT2D eigenvalue weighted by Gasteiger charge is 2.42. The van der Waals surface area contributed by atoms with Crippen LogP contribution >= 0.6 is 0 Å². The van der Waals surface area contributed by atoms with Gasteiger partial charge in [0.15, 0.2) is 5.43 Å². The second-order valence-corrected chi connectivity index (χ2v) is 7.58. The van der Waals surface area contributed by atoms with E-state index in [1.54, 1.807) is 36.3 Å². The molecule has 0 spiro atoms. The average molecular weight is 411 g/mol. The molecule has 1 unspecified atom stereocenters. The molecule has 5 nitrogen and oxygen atoms in total. The fraction of sp³-hybridized carbons (Fsp3) is 0.154. The Hall–Kier alpha value is -3.86. The van der Waals surface area contributed by atoms with Crippen LogP contribution in [0.1, 0.15) is 33.3 Å². The Bertz CT molecular complexity index is 1310. The van der Waals surface area contributed by atoms with Gasteiger partial charge in [0, 0.05) is 6.54 Å². The zero-order valence-electron chi connectivity index (χ0n) is 17.1. The number of amides is 1. The number of benzene rings is 3. The molecule has 0 radical (unpaired) electrons. The monoisotopic (exact) mass is 411 g/mol. The van der Waals surface area contributed by atoms with Crippen molar-refractivity contribution >= 4 is 16.9 Å². The molecule has 0 N–H and O–H groups in total. The van der Waals surface area contributed by atoms with Crippen LogP contribution in [0.15, 0.2) is 88.1 Å². The van der Waals surface area contributed by atoms with Crippen molar-refractivity contribution in [2.45, 2.75) is 12.5 Å². The van der Waals surface area contributed by atoms with Crippen LogP contribution in [-0.4, -0.2) is 24.5 Å². The van der Waals surface area contributed by atoms with Crippen molar-refractivity contribution in [2.24, 2.45) is 0 Å². The number of hydrogen-bond acceptors (Lipinski definition) is 4. The van der Waals surface area contributed by atoms with Gasteiger partial charge in [0.2, 0.25) is 5.76 Å². The molecule has 0 bridgehead atoms. The molecule has 0 saturated carbocycles. The lowest BCUT2D eigenvalue weighted by atomic mass is 9.98. The van der Waals surface area contributed by atoms with E-state index in [1.165, 1.54) is 0 Å². The molecule has 5 rings (SSSR count). The molecule has 0 saturated heterocycles. The first-order chi connectivity index (χ1) is 15.2. The van der Waals surface area contributed by atoms with Crippen molar-refractivity contribution in [1.29, 1.82) is 0 Å². The third-order valence-electron chi connectivity index (χ3n) is 5.79. The van der Waals surface area contributed by atoms with Crippen LogP contribution < -0.4 is 10.2 Å². The normalized spacial score (nSPS) is 15.3. The number of rotatable bonds is 5. The summed E-state index contributed by atoms with van der Waals surface area (Å²) in [7, 11) is 1.61. The summed E-state index contributed by atoms with van der Waals surface area (Å²) in [6.45, 7) is 0.472. The summed E-state index contributed by atoms with van der Waals surface area (Å²) >= 11 is 0. The number of para-hydroxylation sites is 1. The van der Waals surface area contributed by atoms with Crippen LogP contribution in [0.25, 0.3) is 11.0 Å². The van der Waals surface area contributed by atoms with E-state index in [0.717, 1.165) is 16.9 Å². The summed E-state index contributed by atoms with van der Waals surface area (Å²) in [6.07, 6.45) is 0.681. The summed E-state index contributed by atoms with van der Waals surface area (Å²) in [4.78, 5) is 28.6. The molecule has 0 aliphatic carbocycles. The van der Waals surface area contributed by atoms with Gasteiger partial charge in [-0.25, -0.2) is 0 Å². The lowest BCUT2D eigenvalue weighted by Crippen LogP contribution is -2.31. The number of carbonyl (C=O) groups excluding carboxylic acids is 1. The molecular formula is C26H21NO4. The molecule has 154 valence electrons. The summed E-state index contributed by atoms with van der Waals surface area (Å²) in [5.41, 5.74) is 2.65. The molecular weight excluding hydrogens is 390 g/mol. The van der Waals surface area contributed by atoms with E-state index < -0.39 is 6.04 Å². The summed E-state index contributed by atoms with van der Waals surface area (Å²) in [5, 5.41) is 0.484. The Kier molecular flexibility index (Phi) is 4.79. The number of fused-ring (bicyclic) bond motifs is 2. The number of ether oxygens (including phenoxy) is 1. The maximum atomic E-state index is 13.4. The predicted molar refractivity (Wildman–Crippen MR) is 119 cm³/mol. The van der Waals surface area contributed by atoms with Gasteiger partial charge in [-0.1, -0.05) is 54.6 Å². The van der Waals surface area contributed by atoms with Crippen molar-refractivity contribution in [2.75, 3.05) is 13.7 Å². The van der Waals surface area contributed by atoms with Gasteiger partial charge in [-0.15, -0.1) is 0 Å². The van der Waals surface area contributed by atoms with Gasteiger partial charge < -0.3 is 14.1 Å². The first-order valence-electron chi connectivity index (χ1n) is 10.2. The van der Waals surface area contributed by atoms with Gasteiger partial charge in [-0.2, -0.15) is 0 Å². The molecule has 1 atom stereocenters. The molecule has 4 aromatic rings. The SMILES string of the molecule is COc1ccc(C2c3c(oc4ccccc4c3=O)C(=O)N2CCc2ccccc2)cc1. The molecule has 1 aliphatic heterocycles. The fourth-order valence-electron chi connectivity index (χ4n) is 4.22. The largest absolute Gasteiger partial charge is 0.497 e. The second-order valence-electron chi connectivity index (χ2n) is 7.58. The molecule has 1 aliphatic rings. The van der Waals surface area contributed by atoms with Crippen molar-refractivity contribution in [1.82, 2.24) is 4.90 Å². The van der Waals surface area contributed by atoms with Crippen molar-refractivity contribution < 1.29 is 13.9 Å². The second kappa shape index (κ2) is 7.76. The molecule has 1 aromatic heterocycles. The standard InChI is InChI=1S/C26H21NO4/c1-30-19-13-11-18(12-14-19)23-22-24(28)20-9-5-6-10-21(20)31-25(22)26(29)27(23)16-15-17-7-3-2-4-8-17/h2-14,23H,15-16H2,1H3. The molecule has 31 heavy (non-hydrogen) atoms. The van der Waals surface area contributed by atoms with Crippen LogP contribution in [-0.2, 0) is 6.42 Å². The third kappa shape index (κ3) is 3.28. The van der Waals surface area contributed by atoms with E-state index in [0.29, 0.717) is 29.5 Å². The minimum Gasteiger partial charge on any atom is -0.497 e. The van der Waals surface area contributed by atoms with Gasteiger partial charge >= 0.3 is 0 Å². The van der Waals surface area contributed by atoms with E-state index in [9.17, 15) is 9.59 Å². The highest BCUT2D eigenvalue weighted by molar-refractivity contribution is 5.99. The smallest absolute Gasteiger partial charge is 0.290 e. The van der Waals surface area contributed by atoms with Crippen molar-refractivity contribution in [3.63, 3.8) is 0 Å². The zero-order valence-corrected chi connectivity index (χ0v) is 17.1. The maximum absolute atomic E-state index is 13.4. The maximum Gasteiger partial charge on any atom is 0.290 e. The van der Waals surface area contributed by atoms with E-state index in [4.69, 9.17) is 9.15 Å². The minimum atomic E-state index is -0.502. The van der Waals surface area contributed by atoms with Crippen LogP contribution in [0.2, 0.25) is 0 Å². The van der Waals surface area contributed by atoms with Gasteiger partial charge in [-0.3, -0.25) is 9.59 Å². The van der Waals surface area contributed by atoms with Gasteiger partial charge in [0.1, 0.15) is 11.3 Å². The van der Waals surface area contributed by atoms with Crippen LogP contribution in [0, 0.1) is 0 Å². The van der Waals surface area contributed by atoms with Crippen LogP contribution in [0.4, 0.5) is 0 Å². The van der Waals surface area contributed by atoms with E-state index in [2.05, 4.69) is 0 Å². The number of nitrogens with zero attached hydrogens (tertiary/aromatic N) is 1. The predicted octanol–water partition coefficient (Wildman–Crippen LogP) is 4.59. The molecule has 1 amide bonds. The third-order valence-corrected chi connectivity index (χ3v) is 5.79. The number of hydrogen-bond donors (Lipinski definition) is 0. The van der Waals surface area contributed by atoms with Crippen molar-refractivity contribution in [3.05, 3.63) is 112 Å². The molecule has 2 heterocycles. The Morgan fingerprint density at radius 3 is 2.35 bits per heavy atom. The van der Waals surface area contributed by atoms with Crippen molar-refractivity contribution in [3.8, 4) is 5.75 Å². The fourth-order valence-corrected chi connectivity index (χ4v) is 4.22.